The number of hydrogen-bond acceptors (Lipinski definition) is 5. The van der Waals surface area contributed by atoms with Crippen molar-refractivity contribution >= 4 is 0 Å². The van der Waals surface area contributed by atoms with Gasteiger partial charge in [0.2, 0.25) is 5.89 Å². The molecule has 1 fully saturated rings. The molecule has 1 aromatic rings. The lowest BCUT2D eigenvalue weighted by Crippen LogP contribution is -2.21. The van der Waals surface area contributed by atoms with Crippen LogP contribution in [0.25, 0.3) is 0 Å². The van der Waals surface area contributed by atoms with Gasteiger partial charge in [-0.2, -0.15) is 4.98 Å². The first-order valence-electron chi connectivity index (χ1n) is 5.16. The van der Waals surface area contributed by atoms with E-state index in [0.29, 0.717) is 12.4 Å². The summed E-state index contributed by atoms with van der Waals surface area (Å²) >= 11 is 0. The first-order chi connectivity index (χ1) is 6.90. The summed E-state index contributed by atoms with van der Waals surface area (Å²) in [5, 5.41) is 7.33. The molecule has 2 rings (SSSR count). The van der Waals surface area contributed by atoms with E-state index in [1.54, 1.807) is 0 Å². The maximum absolute atomic E-state index is 5.41. The molecule has 0 spiro atoms. The number of nitrogens with one attached hydrogen (secondary N) is 1. The van der Waals surface area contributed by atoms with Crippen molar-refractivity contribution in [2.75, 3.05) is 6.54 Å². The molecular weight excluding hydrogens is 180 g/mol. The molecule has 14 heavy (non-hydrogen) atoms. The lowest BCUT2D eigenvalue weighted by Gasteiger charge is -2.09. The Balaban J connectivity index is 2.04. The van der Waals surface area contributed by atoms with Crippen molar-refractivity contribution in [1.29, 1.82) is 0 Å². The minimum Gasteiger partial charge on any atom is -0.338 e. The van der Waals surface area contributed by atoms with Crippen molar-refractivity contribution in [3.63, 3.8) is 0 Å². The Morgan fingerprint density at radius 2 is 2.36 bits per heavy atom. The minimum atomic E-state index is 0.251. The van der Waals surface area contributed by atoms with Gasteiger partial charge >= 0.3 is 0 Å². The van der Waals surface area contributed by atoms with Crippen LogP contribution in [-0.2, 0) is 6.54 Å². The molecule has 2 heterocycles. The summed E-state index contributed by atoms with van der Waals surface area (Å²) in [6.45, 7) is 1.36. The number of aromatic nitrogens is 2. The summed E-state index contributed by atoms with van der Waals surface area (Å²) in [5.74, 6) is 1.28. The Bertz CT molecular complexity index is 278. The number of nitrogens with zero attached hydrogens (tertiary/aromatic N) is 2. The second-order valence-corrected chi connectivity index (χ2v) is 3.61. The third kappa shape index (κ3) is 2.10. The topological polar surface area (TPSA) is 77.0 Å². The van der Waals surface area contributed by atoms with Gasteiger partial charge in [-0.25, -0.2) is 0 Å². The van der Waals surface area contributed by atoms with Crippen LogP contribution < -0.4 is 11.1 Å². The third-order valence-corrected chi connectivity index (χ3v) is 2.53. The van der Waals surface area contributed by atoms with Crippen molar-refractivity contribution in [3.8, 4) is 0 Å². The molecule has 1 aliphatic heterocycles. The van der Waals surface area contributed by atoms with E-state index >= 15 is 0 Å². The Kier molecular flexibility index (Phi) is 3.10. The van der Waals surface area contributed by atoms with Crippen molar-refractivity contribution in [2.45, 2.75) is 38.3 Å². The summed E-state index contributed by atoms with van der Waals surface area (Å²) in [4.78, 5) is 4.23. The second-order valence-electron chi connectivity index (χ2n) is 3.61. The lowest BCUT2D eigenvalue weighted by molar-refractivity contribution is 0.365. The SMILES string of the molecule is NCc1nc(C2CCCCCN2)no1. The summed E-state index contributed by atoms with van der Waals surface area (Å²) in [5.41, 5.74) is 5.41. The average Bonchev–Trinajstić information content (AvgIpc) is 2.53. The highest BCUT2D eigenvalue weighted by atomic mass is 16.5. The predicted molar refractivity (Wildman–Crippen MR) is 51.4 cm³/mol. The summed E-state index contributed by atoms with van der Waals surface area (Å²) in [6.07, 6.45) is 4.83. The molecule has 0 aromatic carbocycles. The van der Waals surface area contributed by atoms with Gasteiger partial charge in [-0.3, -0.25) is 0 Å². The third-order valence-electron chi connectivity index (χ3n) is 2.53. The first-order valence-corrected chi connectivity index (χ1v) is 5.16. The zero-order chi connectivity index (χ0) is 9.80. The Morgan fingerprint density at radius 3 is 3.14 bits per heavy atom. The molecule has 0 saturated carbocycles. The van der Waals surface area contributed by atoms with Crippen LogP contribution in [0.3, 0.4) is 0 Å². The standard InChI is InChI=1S/C9H16N4O/c10-6-8-12-9(13-14-8)7-4-2-1-3-5-11-7/h7,11H,1-6,10H2. The number of nitrogens with two attached hydrogens (primary N) is 1. The van der Waals surface area contributed by atoms with Gasteiger partial charge in [0, 0.05) is 0 Å². The average molecular weight is 196 g/mol. The van der Waals surface area contributed by atoms with Crippen LogP contribution in [0.2, 0.25) is 0 Å². The zero-order valence-corrected chi connectivity index (χ0v) is 8.20. The van der Waals surface area contributed by atoms with Crippen LogP contribution in [0.4, 0.5) is 0 Å². The quantitative estimate of drug-likeness (QED) is 0.729. The summed E-state index contributed by atoms with van der Waals surface area (Å²) < 4.78 is 4.98. The molecular formula is C9H16N4O. The van der Waals surface area contributed by atoms with Crippen molar-refractivity contribution in [1.82, 2.24) is 15.5 Å². The van der Waals surface area contributed by atoms with Gasteiger partial charge in [-0.05, 0) is 19.4 Å². The highest BCUT2D eigenvalue weighted by molar-refractivity contribution is 4.94. The molecule has 0 amide bonds. The van der Waals surface area contributed by atoms with Gasteiger partial charge in [0.1, 0.15) is 0 Å². The molecule has 3 N–H and O–H groups in total. The smallest absolute Gasteiger partial charge is 0.240 e. The number of rotatable bonds is 2. The maximum atomic E-state index is 5.41. The van der Waals surface area contributed by atoms with Crippen LogP contribution in [0, 0.1) is 0 Å². The second kappa shape index (κ2) is 4.52. The van der Waals surface area contributed by atoms with E-state index in [4.69, 9.17) is 10.3 Å². The fourth-order valence-corrected chi connectivity index (χ4v) is 1.74. The molecule has 5 nitrogen and oxygen atoms in total. The fraction of sp³-hybridized carbons (Fsp3) is 0.778. The predicted octanol–water partition coefficient (Wildman–Crippen LogP) is 0.733. The first kappa shape index (κ1) is 9.61. The summed E-state index contributed by atoms with van der Waals surface area (Å²) in [6, 6.07) is 0.251. The molecule has 0 bridgehead atoms. The van der Waals surface area contributed by atoms with Gasteiger partial charge in [0.25, 0.3) is 0 Å². The lowest BCUT2D eigenvalue weighted by atomic mass is 10.1. The molecule has 78 valence electrons. The normalized spacial score (nSPS) is 23.4. The van der Waals surface area contributed by atoms with Gasteiger partial charge in [-0.1, -0.05) is 18.0 Å². The van der Waals surface area contributed by atoms with E-state index in [0.717, 1.165) is 18.8 Å². The number of hydrogen-bond donors (Lipinski definition) is 2. The molecule has 0 radical (unpaired) electrons. The van der Waals surface area contributed by atoms with E-state index in [1.165, 1.54) is 19.3 Å². The molecule has 5 heteroatoms. The van der Waals surface area contributed by atoms with Crippen LogP contribution >= 0.6 is 0 Å². The van der Waals surface area contributed by atoms with Crippen molar-refractivity contribution < 1.29 is 4.52 Å². The minimum absolute atomic E-state index is 0.251. The van der Waals surface area contributed by atoms with Crippen molar-refractivity contribution in [2.24, 2.45) is 5.73 Å². The van der Waals surface area contributed by atoms with E-state index in [1.807, 2.05) is 0 Å². The summed E-state index contributed by atoms with van der Waals surface area (Å²) in [7, 11) is 0. The van der Waals surface area contributed by atoms with E-state index in [9.17, 15) is 0 Å². The Morgan fingerprint density at radius 1 is 1.43 bits per heavy atom. The monoisotopic (exact) mass is 196 g/mol. The molecule has 0 aliphatic carbocycles. The Hall–Kier alpha value is -0.940. The van der Waals surface area contributed by atoms with E-state index in [2.05, 4.69) is 15.5 Å². The van der Waals surface area contributed by atoms with Gasteiger partial charge in [-0.15, -0.1) is 0 Å². The molecule has 1 atom stereocenters. The van der Waals surface area contributed by atoms with Gasteiger partial charge < -0.3 is 15.6 Å². The molecule has 1 aromatic heterocycles. The molecule has 1 unspecified atom stereocenters. The van der Waals surface area contributed by atoms with Crippen LogP contribution in [-0.4, -0.2) is 16.7 Å². The highest BCUT2D eigenvalue weighted by Crippen LogP contribution is 2.19. The molecule has 1 aliphatic rings. The van der Waals surface area contributed by atoms with E-state index in [-0.39, 0.29) is 6.04 Å². The Labute approximate surface area is 83.1 Å². The van der Waals surface area contributed by atoms with Crippen LogP contribution in [0.1, 0.15) is 43.4 Å². The van der Waals surface area contributed by atoms with Gasteiger partial charge in [0.15, 0.2) is 5.82 Å². The fourth-order valence-electron chi connectivity index (χ4n) is 1.74. The largest absolute Gasteiger partial charge is 0.338 e. The maximum Gasteiger partial charge on any atom is 0.240 e. The molecule has 1 saturated heterocycles. The zero-order valence-electron chi connectivity index (χ0n) is 8.20. The van der Waals surface area contributed by atoms with Gasteiger partial charge in [0.05, 0.1) is 12.6 Å². The van der Waals surface area contributed by atoms with E-state index < -0.39 is 0 Å². The van der Waals surface area contributed by atoms with Crippen molar-refractivity contribution in [3.05, 3.63) is 11.7 Å². The van der Waals surface area contributed by atoms with Crippen LogP contribution in [0.15, 0.2) is 4.52 Å². The highest BCUT2D eigenvalue weighted by Gasteiger charge is 2.18. The van der Waals surface area contributed by atoms with Crippen LogP contribution in [0.5, 0.6) is 0 Å².